The molecule has 4 heterocycles. The van der Waals surface area contributed by atoms with Crippen molar-refractivity contribution < 1.29 is 14.3 Å². The van der Waals surface area contributed by atoms with Crippen molar-refractivity contribution in [2.45, 2.75) is 20.4 Å². The SMILES string of the molecule is Cc1c(C(=O)N2CCN(Cc3ccc4c(c3)OCO4)CC2)sc2nc(C)n(C)c(=O)c12. The average molecular weight is 441 g/mol. The first-order valence-electron chi connectivity index (χ1n) is 10.3. The van der Waals surface area contributed by atoms with E-state index in [1.54, 1.807) is 14.0 Å². The van der Waals surface area contributed by atoms with Crippen molar-refractivity contribution >= 4 is 27.5 Å². The number of aromatic nitrogens is 2. The van der Waals surface area contributed by atoms with Crippen LogP contribution in [-0.4, -0.2) is 58.2 Å². The lowest BCUT2D eigenvalue weighted by molar-refractivity contribution is 0.0632. The number of hydrogen-bond donors (Lipinski definition) is 0. The highest BCUT2D eigenvalue weighted by Crippen LogP contribution is 2.33. The molecule has 8 nitrogen and oxygen atoms in total. The number of piperazine rings is 1. The van der Waals surface area contributed by atoms with E-state index in [9.17, 15) is 9.59 Å². The van der Waals surface area contributed by atoms with Crippen LogP contribution in [0.25, 0.3) is 10.2 Å². The van der Waals surface area contributed by atoms with Crippen molar-refractivity contribution in [1.82, 2.24) is 19.4 Å². The summed E-state index contributed by atoms with van der Waals surface area (Å²) in [6, 6.07) is 6.03. The summed E-state index contributed by atoms with van der Waals surface area (Å²) < 4.78 is 12.4. The van der Waals surface area contributed by atoms with Gasteiger partial charge in [-0.05, 0) is 37.1 Å². The highest BCUT2D eigenvalue weighted by Gasteiger charge is 2.27. The van der Waals surface area contributed by atoms with Crippen LogP contribution in [0.15, 0.2) is 23.0 Å². The maximum atomic E-state index is 13.2. The number of carbonyl (C=O) groups is 1. The Hall–Kier alpha value is -2.91. The van der Waals surface area contributed by atoms with Crippen molar-refractivity contribution in [3.05, 3.63) is 50.4 Å². The van der Waals surface area contributed by atoms with Gasteiger partial charge in [0.05, 0.1) is 10.3 Å². The number of aryl methyl sites for hydroxylation is 2. The van der Waals surface area contributed by atoms with Crippen LogP contribution < -0.4 is 15.0 Å². The van der Waals surface area contributed by atoms with Crippen molar-refractivity contribution in [1.29, 1.82) is 0 Å². The summed E-state index contributed by atoms with van der Waals surface area (Å²) in [7, 11) is 1.71. The molecular formula is C22H24N4O4S. The fourth-order valence-corrected chi connectivity index (χ4v) is 5.30. The van der Waals surface area contributed by atoms with Gasteiger partial charge in [0.25, 0.3) is 11.5 Å². The van der Waals surface area contributed by atoms with Crippen LogP contribution in [0.5, 0.6) is 11.5 Å². The van der Waals surface area contributed by atoms with Gasteiger partial charge >= 0.3 is 0 Å². The molecule has 2 aliphatic heterocycles. The zero-order valence-electron chi connectivity index (χ0n) is 17.8. The number of benzene rings is 1. The van der Waals surface area contributed by atoms with E-state index in [0.29, 0.717) is 34.0 Å². The van der Waals surface area contributed by atoms with E-state index in [2.05, 4.69) is 16.0 Å². The molecule has 2 aromatic heterocycles. The molecule has 2 aliphatic rings. The standard InChI is InChI=1S/C22H24N4O4S/c1-13-18-20(23-14(2)24(3)21(18)27)31-19(13)22(28)26-8-6-25(7-9-26)11-15-4-5-16-17(10-15)30-12-29-16/h4-5,10H,6-9,11-12H2,1-3H3. The minimum absolute atomic E-state index is 0.0112. The van der Waals surface area contributed by atoms with Gasteiger partial charge in [-0.1, -0.05) is 6.07 Å². The Labute approximate surface area is 183 Å². The first-order valence-corrected chi connectivity index (χ1v) is 11.1. The molecule has 0 saturated carbocycles. The lowest BCUT2D eigenvalue weighted by atomic mass is 10.1. The highest BCUT2D eigenvalue weighted by molar-refractivity contribution is 7.20. The van der Waals surface area contributed by atoms with E-state index >= 15 is 0 Å². The number of thiophene rings is 1. The van der Waals surface area contributed by atoms with Gasteiger partial charge in [-0.25, -0.2) is 4.98 Å². The van der Waals surface area contributed by atoms with E-state index in [0.717, 1.165) is 36.7 Å². The number of rotatable bonds is 3. The summed E-state index contributed by atoms with van der Waals surface area (Å²) >= 11 is 1.32. The van der Waals surface area contributed by atoms with Crippen LogP contribution in [0.4, 0.5) is 0 Å². The molecular weight excluding hydrogens is 416 g/mol. The molecule has 3 aromatic rings. The molecule has 31 heavy (non-hydrogen) atoms. The van der Waals surface area contributed by atoms with Crippen LogP contribution in [0.2, 0.25) is 0 Å². The maximum Gasteiger partial charge on any atom is 0.264 e. The second kappa shape index (κ2) is 7.65. The molecule has 0 N–H and O–H groups in total. The van der Waals surface area contributed by atoms with E-state index in [-0.39, 0.29) is 18.3 Å². The zero-order valence-corrected chi connectivity index (χ0v) is 18.6. The molecule has 162 valence electrons. The topological polar surface area (TPSA) is 76.9 Å². The van der Waals surface area contributed by atoms with Gasteiger partial charge in [0.1, 0.15) is 10.7 Å². The monoisotopic (exact) mass is 440 g/mol. The van der Waals surface area contributed by atoms with Crippen molar-refractivity contribution in [3.63, 3.8) is 0 Å². The van der Waals surface area contributed by atoms with Gasteiger partial charge in [0, 0.05) is 39.8 Å². The first kappa shape index (κ1) is 20.0. The molecule has 5 rings (SSSR count). The molecule has 1 fully saturated rings. The zero-order chi connectivity index (χ0) is 21.7. The number of nitrogens with zero attached hydrogens (tertiary/aromatic N) is 4. The molecule has 0 aliphatic carbocycles. The highest BCUT2D eigenvalue weighted by atomic mass is 32.1. The Morgan fingerprint density at radius 2 is 1.87 bits per heavy atom. The Bertz CT molecular complexity index is 1240. The molecule has 1 amide bonds. The Morgan fingerprint density at radius 1 is 1.13 bits per heavy atom. The van der Waals surface area contributed by atoms with E-state index in [1.165, 1.54) is 21.5 Å². The summed E-state index contributed by atoms with van der Waals surface area (Å²) in [6.45, 7) is 7.63. The normalized spacial score (nSPS) is 16.3. The summed E-state index contributed by atoms with van der Waals surface area (Å²) in [5, 5.41) is 0.558. The fourth-order valence-electron chi connectivity index (χ4n) is 4.12. The number of ether oxygens (including phenoxy) is 2. The number of fused-ring (bicyclic) bond motifs is 2. The van der Waals surface area contributed by atoms with Crippen LogP contribution >= 0.6 is 11.3 Å². The summed E-state index contributed by atoms with van der Waals surface area (Å²) in [4.78, 5) is 35.9. The predicted molar refractivity (Wildman–Crippen MR) is 118 cm³/mol. The molecule has 0 atom stereocenters. The molecule has 0 unspecified atom stereocenters. The minimum atomic E-state index is -0.0937. The second-order valence-electron chi connectivity index (χ2n) is 8.02. The third-order valence-electron chi connectivity index (χ3n) is 6.09. The van der Waals surface area contributed by atoms with Crippen LogP contribution in [0, 0.1) is 13.8 Å². The van der Waals surface area contributed by atoms with E-state index in [4.69, 9.17) is 9.47 Å². The van der Waals surface area contributed by atoms with Gasteiger partial charge in [-0.3, -0.25) is 19.1 Å². The van der Waals surface area contributed by atoms with E-state index < -0.39 is 0 Å². The number of amides is 1. The van der Waals surface area contributed by atoms with Crippen LogP contribution in [0.3, 0.4) is 0 Å². The quantitative estimate of drug-likeness (QED) is 0.622. The summed E-state index contributed by atoms with van der Waals surface area (Å²) in [5.41, 5.74) is 1.81. The number of hydrogen-bond acceptors (Lipinski definition) is 7. The van der Waals surface area contributed by atoms with Gasteiger partial charge < -0.3 is 14.4 Å². The Kier molecular flexibility index (Phi) is 4.94. The van der Waals surface area contributed by atoms with Gasteiger partial charge in [-0.2, -0.15) is 0 Å². The molecule has 1 aromatic carbocycles. The number of carbonyl (C=O) groups excluding carboxylic acids is 1. The smallest absolute Gasteiger partial charge is 0.264 e. The largest absolute Gasteiger partial charge is 0.454 e. The van der Waals surface area contributed by atoms with Crippen LogP contribution in [0.1, 0.15) is 26.6 Å². The molecule has 1 saturated heterocycles. The van der Waals surface area contributed by atoms with Crippen molar-refractivity contribution in [2.24, 2.45) is 7.05 Å². The Morgan fingerprint density at radius 3 is 2.65 bits per heavy atom. The summed E-state index contributed by atoms with van der Waals surface area (Å²) in [5.74, 6) is 2.22. The fraction of sp³-hybridized carbons (Fsp3) is 0.409. The van der Waals surface area contributed by atoms with Gasteiger partial charge in [0.2, 0.25) is 6.79 Å². The minimum Gasteiger partial charge on any atom is -0.454 e. The molecule has 0 bridgehead atoms. The third kappa shape index (κ3) is 3.47. The average Bonchev–Trinajstić information content (AvgIpc) is 3.36. The van der Waals surface area contributed by atoms with Gasteiger partial charge in [0.15, 0.2) is 11.5 Å². The van der Waals surface area contributed by atoms with Crippen LogP contribution in [-0.2, 0) is 13.6 Å². The summed E-state index contributed by atoms with van der Waals surface area (Å²) in [6.07, 6.45) is 0. The molecule has 0 radical (unpaired) electrons. The van der Waals surface area contributed by atoms with Crippen molar-refractivity contribution in [2.75, 3.05) is 33.0 Å². The Balaban J connectivity index is 1.28. The molecule has 0 spiro atoms. The molecule has 9 heteroatoms. The van der Waals surface area contributed by atoms with E-state index in [1.807, 2.05) is 24.0 Å². The second-order valence-corrected chi connectivity index (χ2v) is 9.01. The first-order chi connectivity index (χ1) is 14.9. The lowest BCUT2D eigenvalue weighted by Gasteiger charge is -2.34. The predicted octanol–water partition coefficient (Wildman–Crippen LogP) is 2.30. The lowest BCUT2D eigenvalue weighted by Crippen LogP contribution is -2.48. The van der Waals surface area contributed by atoms with Gasteiger partial charge in [-0.15, -0.1) is 11.3 Å². The van der Waals surface area contributed by atoms with Crippen molar-refractivity contribution in [3.8, 4) is 11.5 Å². The maximum absolute atomic E-state index is 13.2. The third-order valence-corrected chi connectivity index (χ3v) is 7.27.